The van der Waals surface area contributed by atoms with Gasteiger partial charge in [0.25, 0.3) is 0 Å². The molecule has 3 heteroatoms. The van der Waals surface area contributed by atoms with Gasteiger partial charge in [-0.05, 0) is 24.2 Å². The van der Waals surface area contributed by atoms with Gasteiger partial charge in [0.15, 0.2) is 0 Å². The van der Waals surface area contributed by atoms with E-state index in [4.69, 9.17) is 11.0 Å². The summed E-state index contributed by atoms with van der Waals surface area (Å²) in [4.78, 5) is -1.94. The van der Waals surface area contributed by atoms with Crippen LogP contribution in [0.15, 0.2) is 70.3 Å². The molecule has 0 aliphatic heterocycles. The predicted octanol–water partition coefficient (Wildman–Crippen LogP) is 2.52. The van der Waals surface area contributed by atoms with E-state index in [0.717, 1.165) is 12.1 Å². The highest BCUT2D eigenvalue weighted by atomic mass is 32.2. The summed E-state index contributed by atoms with van der Waals surface area (Å²) in [5.41, 5.74) is 0. The molecule has 0 aliphatic rings. The fourth-order valence-corrected chi connectivity index (χ4v) is 1.89. The lowest BCUT2D eigenvalue weighted by Gasteiger charge is -2.03. The Labute approximate surface area is 100 Å². The van der Waals surface area contributed by atoms with E-state index in [9.17, 15) is 8.42 Å². The van der Waals surface area contributed by atoms with E-state index in [2.05, 4.69) is 0 Å². The largest absolute Gasteiger partial charge is 0.219 e. The van der Waals surface area contributed by atoms with Gasteiger partial charge in [-0.15, -0.1) is 0 Å². The maximum atomic E-state index is 12.7. The van der Waals surface area contributed by atoms with Crippen molar-refractivity contribution in [3.05, 3.63) is 60.5 Å². The van der Waals surface area contributed by atoms with Crippen LogP contribution >= 0.6 is 0 Å². The summed E-state index contributed by atoms with van der Waals surface area (Å²) in [5.74, 6) is 0. The van der Waals surface area contributed by atoms with E-state index in [0.29, 0.717) is 0 Å². The third kappa shape index (κ3) is 1.92. The molecule has 0 aromatic heterocycles. The first-order chi connectivity index (χ1) is 10.5. The molecule has 76 valence electrons. The van der Waals surface area contributed by atoms with E-state index in [1.165, 1.54) is 0 Å². The van der Waals surface area contributed by atoms with Crippen molar-refractivity contribution >= 4 is 9.84 Å². The van der Waals surface area contributed by atoms with Gasteiger partial charge < -0.3 is 0 Å². The Balaban J connectivity index is 2.97. The molecule has 0 bridgehead atoms. The smallest absolute Gasteiger partial charge is 0.206 e. The van der Waals surface area contributed by atoms with Crippen molar-refractivity contribution in [1.82, 2.24) is 0 Å². The van der Waals surface area contributed by atoms with Crippen LogP contribution < -0.4 is 0 Å². The molecule has 2 nitrogen and oxygen atoms in total. The molecule has 2 rings (SSSR count). The predicted molar refractivity (Wildman–Crippen MR) is 58.3 cm³/mol. The lowest BCUT2D eigenvalue weighted by Crippen LogP contribution is -2.00. The fraction of sp³-hybridized carbons (Fsp3) is 0. The second-order valence-corrected chi connectivity index (χ2v) is 4.35. The van der Waals surface area contributed by atoms with Gasteiger partial charge in [-0.1, -0.05) is 36.3 Å². The quantitative estimate of drug-likeness (QED) is 0.788. The maximum Gasteiger partial charge on any atom is 0.206 e. The van der Waals surface area contributed by atoms with Gasteiger partial charge in [-0.3, -0.25) is 0 Å². The van der Waals surface area contributed by atoms with Gasteiger partial charge in [0.1, 0.15) is 0 Å². The van der Waals surface area contributed by atoms with E-state index >= 15 is 0 Å². The zero-order valence-corrected chi connectivity index (χ0v) is 8.20. The van der Waals surface area contributed by atoms with Crippen LogP contribution in [0.5, 0.6) is 0 Å². The van der Waals surface area contributed by atoms with Gasteiger partial charge in [-0.2, -0.15) is 0 Å². The zero-order valence-electron chi connectivity index (χ0n) is 15.4. The third-order valence-corrected chi connectivity index (χ3v) is 3.05. The van der Waals surface area contributed by atoms with Gasteiger partial charge in [0.05, 0.1) is 20.8 Å². The molecule has 2 aromatic rings. The first-order valence-corrected chi connectivity index (χ1v) is 5.38. The molecule has 0 spiro atoms. The van der Waals surface area contributed by atoms with Crippen molar-refractivity contribution in [1.29, 1.82) is 0 Å². The maximum absolute atomic E-state index is 12.7. The molecule has 0 amide bonds. The number of sulfone groups is 1. The highest BCUT2D eigenvalue weighted by molar-refractivity contribution is 7.91. The molecule has 0 saturated carbocycles. The lowest BCUT2D eigenvalue weighted by molar-refractivity contribution is 0.596. The van der Waals surface area contributed by atoms with Gasteiger partial charge in [-0.25, -0.2) is 8.42 Å². The van der Waals surface area contributed by atoms with Gasteiger partial charge in [0, 0.05) is 0 Å². The third-order valence-electron chi connectivity index (χ3n) is 1.57. The highest BCUT2D eigenvalue weighted by Crippen LogP contribution is 2.19. The molecular formula is C12H10O2S. The van der Waals surface area contributed by atoms with Crippen molar-refractivity contribution in [2.75, 3.05) is 0 Å². The molecule has 0 atom stereocenters. The standard InChI is InChI=1S/C12H10O2S/c13-15(14,11-7-3-1-4-8-11)12-9-5-2-6-10-12/h1-10H/i3D,4D,5D,6D,7D,8D,9D,10D. The van der Waals surface area contributed by atoms with E-state index in [-0.39, 0.29) is 0 Å². The molecule has 0 saturated heterocycles. The van der Waals surface area contributed by atoms with Crippen molar-refractivity contribution in [3.63, 3.8) is 0 Å². The van der Waals surface area contributed by atoms with Crippen LogP contribution in [0.2, 0.25) is 0 Å². The Kier molecular flexibility index (Phi) is 1.06. The SMILES string of the molecule is [2H]c1cc([2H])c([2H])c(S(=O)(=O)c2c([2H])c([2H])cc([2H])c2[2H])c1[2H]. The monoisotopic (exact) mass is 226 g/mol. The number of benzene rings is 2. The van der Waals surface area contributed by atoms with Crippen LogP contribution in [-0.2, 0) is 9.84 Å². The minimum Gasteiger partial charge on any atom is -0.219 e. The van der Waals surface area contributed by atoms with Crippen LogP contribution in [0, 0.1) is 0 Å². The zero-order chi connectivity index (χ0) is 17.7. The van der Waals surface area contributed by atoms with E-state index < -0.39 is 68.0 Å². The molecule has 0 unspecified atom stereocenters. The normalized spacial score (nSPS) is 18.7. The Hall–Kier alpha value is -1.61. The van der Waals surface area contributed by atoms with Crippen LogP contribution in [0.4, 0.5) is 0 Å². The van der Waals surface area contributed by atoms with Crippen LogP contribution in [0.25, 0.3) is 0 Å². The lowest BCUT2D eigenvalue weighted by atomic mass is 10.4. The van der Waals surface area contributed by atoms with E-state index in [1.807, 2.05) is 0 Å². The number of hydrogen-bond acceptors (Lipinski definition) is 2. The Bertz CT molecular complexity index is 802. The molecule has 0 fully saturated rings. The number of rotatable bonds is 2. The molecule has 0 heterocycles. The Morgan fingerprint density at radius 1 is 0.800 bits per heavy atom. The van der Waals surface area contributed by atoms with Gasteiger partial charge in [0.2, 0.25) is 9.84 Å². The summed E-state index contributed by atoms with van der Waals surface area (Å²) in [6.07, 6.45) is 0. The first kappa shape index (κ1) is 4.10. The molecular weight excluding hydrogens is 208 g/mol. The summed E-state index contributed by atoms with van der Waals surface area (Å²) in [5, 5.41) is 0. The number of hydrogen-bond donors (Lipinski definition) is 0. The van der Waals surface area contributed by atoms with Crippen LogP contribution in [0.3, 0.4) is 0 Å². The molecule has 0 radical (unpaired) electrons. The van der Waals surface area contributed by atoms with Crippen LogP contribution in [-0.4, -0.2) is 8.42 Å². The van der Waals surface area contributed by atoms with Crippen molar-refractivity contribution < 1.29 is 19.4 Å². The summed E-state index contributed by atoms with van der Waals surface area (Å²) < 4.78 is 86.3. The second-order valence-electron chi connectivity index (χ2n) is 2.53. The van der Waals surface area contributed by atoms with Crippen LogP contribution in [0.1, 0.15) is 11.0 Å². The molecule has 0 N–H and O–H groups in total. The molecule has 0 aliphatic carbocycles. The Morgan fingerprint density at radius 3 is 1.47 bits per heavy atom. The summed E-state index contributed by atoms with van der Waals surface area (Å²) in [7, 11) is -4.78. The van der Waals surface area contributed by atoms with Crippen molar-refractivity contribution in [2.45, 2.75) is 9.79 Å². The minimum absolute atomic E-state index is 0.587. The van der Waals surface area contributed by atoms with E-state index in [1.54, 1.807) is 0 Å². The summed E-state index contributed by atoms with van der Waals surface area (Å²) >= 11 is 0. The fourth-order valence-electron chi connectivity index (χ4n) is 0.912. The van der Waals surface area contributed by atoms with Crippen molar-refractivity contribution in [3.8, 4) is 0 Å². The second kappa shape index (κ2) is 3.87. The molecule has 2 aromatic carbocycles. The summed E-state index contributed by atoms with van der Waals surface area (Å²) in [6.45, 7) is 0. The summed E-state index contributed by atoms with van der Waals surface area (Å²) in [6, 6.07) is -3.96. The first-order valence-electron chi connectivity index (χ1n) is 7.90. The van der Waals surface area contributed by atoms with Gasteiger partial charge >= 0.3 is 0 Å². The average molecular weight is 226 g/mol. The highest BCUT2D eigenvalue weighted by Gasteiger charge is 2.15. The Morgan fingerprint density at radius 2 is 1.13 bits per heavy atom. The topological polar surface area (TPSA) is 34.1 Å². The molecule has 15 heavy (non-hydrogen) atoms. The van der Waals surface area contributed by atoms with Crippen molar-refractivity contribution in [2.24, 2.45) is 0 Å². The minimum atomic E-state index is -4.78. The average Bonchev–Trinajstić information content (AvgIpc) is 2.43.